The van der Waals surface area contributed by atoms with Crippen LogP contribution in [0.3, 0.4) is 0 Å². The van der Waals surface area contributed by atoms with Crippen LogP contribution in [0.4, 0.5) is 0 Å². The average molecular weight is 1290 g/mol. The molecular formula is C84H137NO8. The lowest BCUT2D eigenvalue weighted by Crippen LogP contribution is -2.44. The topological polar surface area (TPSA) is 111 Å². The van der Waals surface area contributed by atoms with Crippen LogP contribution in [0.25, 0.3) is 0 Å². The van der Waals surface area contributed by atoms with Crippen molar-refractivity contribution >= 4 is 17.9 Å². The normalized spacial score (nSPS) is 13.7. The number of ether oxygens (including phenoxy) is 4. The summed E-state index contributed by atoms with van der Waals surface area (Å²) in [6.07, 6.45) is 106. The molecule has 0 aromatic carbocycles. The van der Waals surface area contributed by atoms with Crippen molar-refractivity contribution in [2.45, 2.75) is 296 Å². The number of hydrogen-bond donors (Lipinski definition) is 0. The van der Waals surface area contributed by atoms with Crippen LogP contribution < -0.4 is 5.11 Å². The van der Waals surface area contributed by atoms with E-state index in [1.165, 1.54) is 116 Å². The highest BCUT2D eigenvalue weighted by Gasteiger charge is 2.22. The number of nitrogens with zero attached hydrogens (tertiary/aromatic N) is 1. The fourth-order valence-electron chi connectivity index (χ4n) is 9.85. The second kappa shape index (κ2) is 72.5. The Labute approximate surface area is 571 Å². The number of esters is 2. The first-order chi connectivity index (χ1) is 45.6. The van der Waals surface area contributed by atoms with E-state index in [-0.39, 0.29) is 38.6 Å². The summed E-state index contributed by atoms with van der Waals surface area (Å²) in [5.41, 5.74) is 0. The quantitative estimate of drug-likeness (QED) is 0.0195. The molecule has 0 saturated heterocycles. The molecule has 2 atom stereocenters. The summed E-state index contributed by atoms with van der Waals surface area (Å²) >= 11 is 0. The number of carboxylic acid groups (broad SMARTS) is 1. The van der Waals surface area contributed by atoms with Gasteiger partial charge < -0.3 is 33.3 Å². The Balaban J connectivity index is 4.16. The van der Waals surface area contributed by atoms with Gasteiger partial charge in [-0.25, -0.2) is 0 Å². The largest absolute Gasteiger partial charge is 0.545 e. The smallest absolute Gasteiger partial charge is 0.306 e. The molecule has 0 rings (SSSR count). The fourth-order valence-corrected chi connectivity index (χ4v) is 9.85. The van der Waals surface area contributed by atoms with Gasteiger partial charge in [-0.15, -0.1) is 0 Å². The van der Waals surface area contributed by atoms with Crippen LogP contribution in [0.5, 0.6) is 0 Å². The first kappa shape index (κ1) is 87.7. The van der Waals surface area contributed by atoms with Crippen LogP contribution in [0, 0.1) is 0 Å². The molecule has 0 aromatic rings. The van der Waals surface area contributed by atoms with E-state index in [0.29, 0.717) is 17.4 Å². The van der Waals surface area contributed by atoms with E-state index >= 15 is 0 Å². The van der Waals surface area contributed by atoms with Gasteiger partial charge in [0.15, 0.2) is 12.4 Å². The molecule has 0 aliphatic rings. The maximum Gasteiger partial charge on any atom is 0.306 e. The van der Waals surface area contributed by atoms with Gasteiger partial charge in [-0.3, -0.25) is 9.59 Å². The van der Waals surface area contributed by atoms with E-state index in [2.05, 4.69) is 184 Å². The molecule has 9 nitrogen and oxygen atoms in total. The highest BCUT2D eigenvalue weighted by Crippen LogP contribution is 2.17. The lowest BCUT2D eigenvalue weighted by atomic mass is 10.0. The van der Waals surface area contributed by atoms with Crippen molar-refractivity contribution in [2.24, 2.45) is 0 Å². The number of unbranched alkanes of at least 4 members (excludes halogenated alkanes) is 24. The van der Waals surface area contributed by atoms with Crippen LogP contribution in [0.2, 0.25) is 0 Å². The van der Waals surface area contributed by atoms with Crippen molar-refractivity contribution in [2.75, 3.05) is 47.5 Å². The zero-order valence-corrected chi connectivity index (χ0v) is 60.1. The number of aliphatic carboxylic acids is 1. The monoisotopic (exact) mass is 1290 g/mol. The van der Waals surface area contributed by atoms with Gasteiger partial charge in [0, 0.05) is 12.8 Å². The second-order valence-electron chi connectivity index (χ2n) is 25.5. The van der Waals surface area contributed by atoms with Gasteiger partial charge in [0.2, 0.25) is 0 Å². The molecule has 0 heterocycles. The van der Waals surface area contributed by atoms with Gasteiger partial charge >= 0.3 is 11.9 Å². The van der Waals surface area contributed by atoms with Crippen LogP contribution in [-0.2, 0) is 33.3 Å². The van der Waals surface area contributed by atoms with Gasteiger partial charge in [-0.2, -0.15) is 0 Å². The molecule has 0 amide bonds. The predicted molar refractivity (Wildman–Crippen MR) is 398 cm³/mol. The van der Waals surface area contributed by atoms with E-state index in [9.17, 15) is 19.5 Å². The number of carboxylic acids is 1. The van der Waals surface area contributed by atoms with Gasteiger partial charge in [0.25, 0.3) is 0 Å². The molecule has 526 valence electrons. The van der Waals surface area contributed by atoms with Crippen molar-refractivity contribution < 1.29 is 42.9 Å². The summed E-state index contributed by atoms with van der Waals surface area (Å²) in [6, 6.07) is 0. The lowest BCUT2D eigenvalue weighted by molar-refractivity contribution is -0.870. The Hall–Kier alpha value is -5.35. The highest BCUT2D eigenvalue weighted by molar-refractivity contribution is 5.70. The molecule has 0 aliphatic carbocycles. The number of quaternary nitrogens is 1. The molecule has 0 saturated carbocycles. The van der Waals surface area contributed by atoms with Gasteiger partial charge in [-0.05, 0) is 128 Å². The molecule has 0 bridgehead atoms. The van der Waals surface area contributed by atoms with E-state index < -0.39 is 24.3 Å². The van der Waals surface area contributed by atoms with Crippen LogP contribution in [-0.4, -0.2) is 82.3 Å². The third kappa shape index (κ3) is 73.9. The minimum Gasteiger partial charge on any atom is -0.545 e. The Morgan fingerprint density at radius 1 is 0.323 bits per heavy atom. The number of likely N-dealkylation sites (N-methyl/N-ethyl adjacent to an activating group) is 1. The van der Waals surface area contributed by atoms with Crippen molar-refractivity contribution in [1.82, 2.24) is 0 Å². The molecule has 2 unspecified atom stereocenters. The third-order valence-corrected chi connectivity index (χ3v) is 15.5. The third-order valence-electron chi connectivity index (χ3n) is 15.5. The zero-order chi connectivity index (χ0) is 67.5. The number of rotatable bonds is 67. The molecule has 93 heavy (non-hydrogen) atoms. The van der Waals surface area contributed by atoms with E-state index in [4.69, 9.17) is 18.9 Å². The minimum absolute atomic E-state index is 0.138. The van der Waals surface area contributed by atoms with E-state index in [1.54, 1.807) is 0 Å². The number of allylic oxidation sites excluding steroid dienone is 28. The molecule has 0 aliphatic heterocycles. The number of hydrogen-bond acceptors (Lipinski definition) is 8. The van der Waals surface area contributed by atoms with Crippen molar-refractivity contribution in [3.8, 4) is 0 Å². The van der Waals surface area contributed by atoms with Crippen LogP contribution >= 0.6 is 0 Å². The van der Waals surface area contributed by atoms with Crippen molar-refractivity contribution in [3.63, 3.8) is 0 Å². The standard InChI is InChI=1S/C84H137NO8/c1-6-8-10-12-14-16-18-20-22-24-26-28-30-32-34-36-38-40-41-43-45-47-49-51-53-55-57-59-61-63-65-67-69-71-73-75-82(87)93-80(79-92-84(83(88)89)90-77-76-85(3,4)5)78-91-81(86)74-72-70-68-66-64-62-60-58-56-54-52-50-48-46-44-42-39-37-35-33-31-29-27-25-23-21-19-17-15-13-11-9-7-2/h8-11,14-17,20-23,26-29,32-35,38,40,43,45,49,51,55,57,80,84H,6-7,12-13,18-19,24-25,30-31,36-37,39,41-42,44,46-48,50,52-54,56,58-79H2,1-5H3/b10-8-,11-9-,16-14-,17-15-,22-20-,23-21-,28-26-,29-27-,34-32-,35-33-,40-38-,45-43-,51-49-,57-55-. The summed E-state index contributed by atoms with van der Waals surface area (Å²) in [4.78, 5) is 37.6. The minimum atomic E-state index is -1.64. The van der Waals surface area contributed by atoms with Crippen molar-refractivity contribution in [1.29, 1.82) is 0 Å². The maximum absolute atomic E-state index is 13.0. The Kier molecular flexibility index (Phi) is 68.3. The predicted octanol–water partition coefficient (Wildman–Crippen LogP) is 22.5. The Morgan fingerprint density at radius 3 is 0.860 bits per heavy atom. The van der Waals surface area contributed by atoms with E-state index in [1.807, 2.05) is 21.1 Å². The average Bonchev–Trinajstić information content (AvgIpc) is 3.74. The van der Waals surface area contributed by atoms with Gasteiger partial charge in [-0.1, -0.05) is 312 Å². The van der Waals surface area contributed by atoms with Crippen molar-refractivity contribution in [3.05, 3.63) is 170 Å². The highest BCUT2D eigenvalue weighted by atomic mass is 16.7. The summed E-state index contributed by atoms with van der Waals surface area (Å²) in [7, 11) is 5.92. The maximum atomic E-state index is 13.0. The van der Waals surface area contributed by atoms with Gasteiger partial charge in [0.1, 0.15) is 13.2 Å². The first-order valence-corrected chi connectivity index (χ1v) is 37.3. The summed E-state index contributed by atoms with van der Waals surface area (Å²) in [5.74, 6) is -2.30. The lowest BCUT2D eigenvalue weighted by Gasteiger charge is -2.26. The Morgan fingerprint density at radius 2 is 0.581 bits per heavy atom. The summed E-state index contributed by atoms with van der Waals surface area (Å²) in [6.45, 7) is 4.51. The van der Waals surface area contributed by atoms with Crippen LogP contribution in [0.15, 0.2) is 170 Å². The molecule has 0 aromatic heterocycles. The number of carbonyl (C=O) groups excluding carboxylic acids is 3. The molecule has 0 fully saturated rings. The fraction of sp³-hybridized carbons (Fsp3) is 0.631. The summed E-state index contributed by atoms with van der Waals surface area (Å²) < 4.78 is 22.8. The Bertz CT molecular complexity index is 2140. The SMILES string of the molecule is CC/C=C\C/C=C\C/C=C\C/C=C\C/C=C\C/C=C\C/C=C\C/C=C\C/C=C\CCCCCCCCCC(=O)OC(COC(=O)CCCCCCCCCCCCCCCCCCC/C=C\C/C=C\C/C=C\C/C=C\C/C=C\CC)COC(OCC[N+](C)(C)C)C(=O)[O-]. The summed E-state index contributed by atoms with van der Waals surface area (Å²) in [5, 5.41) is 11.8. The van der Waals surface area contributed by atoms with Gasteiger partial charge in [0.05, 0.1) is 40.3 Å². The molecule has 0 spiro atoms. The number of carbonyl (C=O) groups is 3. The van der Waals surface area contributed by atoms with E-state index in [0.717, 1.165) is 135 Å². The van der Waals surface area contributed by atoms with Crippen LogP contribution in [0.1, 0.15) is 284 Å². The second-order valence-corrected chi connectivity index (χ2v) is 25.5. The molecule has 9 heteroatoms. The first-order valence-electron chi connectivity index (χ1n) is 37.3. The zero-order valence-electron chi connectivity index (χ0n) is 60.1. The molecule has 0 radical (unpaired) electrons. The molecule has 0 N–H and O–H groups in total. The molecular weight excluding hydrogens is 1150 g/mol.